The van der Waals surface area contributed by atoms with Gasteiger partial charge in [0.1, 0.15) is 6.10 Å². The number of carbonyl (C=O) groups is 2. The lowest BCUT2D eigenvalue weighted by Gasteiger charge is -2.29. The molecule has 0 unspecified atom stereocenters. The Bertz CT molecular complexity index is 650. The number of hydrogen-bond acceptors (Lipinski definition) is 3. The SMILES string of the molecule is C/C=C/CN1C(=O)CC[C@H]1[C@H]1CC(=O)O[C@@H]1/C=C/c1ccccc1. The van der Waals surface area contributed by atoms with Crippen LogP contribution in [0.2, 0.25) is 0 Å². The molecule has 2 fully saturated rings. The highest BCUT2D eigenvalue weighted by Crippen LogP contribution is 2.35. The predicted octanol–water partition coefficient (Wildman–Crippen LogP) is 3.20. The summed E-state index contributed by atoms with van der Waals surface area (Å²) >= 11 is 0. The number of cyclic esters (lactones) is 1. The predicted molar refractivity (Wildman–Crippen MR) is 93.0 cm³/mol. The van der Waals surface area contributed by atoms with Gasteiger partial charge >= 0.3 is 5.97 Å². The standard InChI is InChI=1S/C20H23NO3/c1-2-3-13-21-17(10-12-19(21)22)16-14-20(23)24-18(16)11-9-15-7-5-4-6-8-15/h2-9,11,16-18H,10,12-14H2,1H3/b3-2+,11-9+/t16-,17+,18-/m1/s1. The summed E-state index contributed by atoms with van der Waals surface area (Å²) in [5.41, 5.74) is 1.08. The van der Waals surface area contributed by atoms with E-state index in [1.165, 1.54) is 0 Å². The van der Waals surface area contributed by atoms with Crippen LogP contribution in [0.25, 0.3) is 6.08 Å². The largest absolute Gasteiger partial charge is 0.458 e. The fourth-order valence-corrected chi connectivity index (χ4v) is 3.56. The zero-order valence-electron chi connectivity index (χ0n) is 13.9. The minimum Gasteiger partial charge on any atom is -0.458 e. The van der Waals surface area contributed by atoms with E-state index in [9.17, 15) is 9.59 Å². The Kier molecular flexibility index (Phi) is 5.14. The Balaban J connectivity index is 1.76. The van der Waals surface area contributed by atoms with Crippen molar-refractivity contribution in [3.8, 4) is 0 Å². The third-order valence-electron chi connectivity index (χ3n) is 4.78. The topological polar surface area (TPSA) is 46.6 Å². The molecular formula is C20H23NO3. The number of benzene rings is 1. The number of nitrogens with zero attached hydrogens (tertiary/aromatic N) is 1. The van der Waals surface area contributed by atoms with Gasteiger partial charge in [0.05, 0.1) is 6.42 Å². The van der Waals surface area contributed by atoms with Crippen LogP contribution in [0.15, 0.2) is 48.6 Å². The van der Waals surface area contributed by atoms with Crippen LogP contribution in [0.5, 0.6) is 0 Å². The van der Waals surface area contributed by atoms with Crippen LogP contribution in [0.4, 0.5) is 0 Å². The molecule has 2 aliphatic heterocycles. The second-order valence-electron chi connectivity index (χ2n) is 6.31. The fourth-order valence-electron chi connectivity index (χ4n) is 3.56. The number of allylic oxidation sites excluding steroid dienone is 1. The Morgan fingerprint density at radius 1 is 1.25 bits per heavy atom. The normalized spacial score (nSPS) is 27.5. The van der Waals surface area contributed by atoms with Gasteiger partial charge in [-0.3, -0.25) is 9.59 Å². The Hall–Kier alpha value is -2.36. The second kappa shape index (κ2) is 7.47. The van der Waals surface area contributed by atoms with E-state index in [-0.39, 0.29) is 29.9 Å². The number of carbonyl (C=O) groups excluding carboxylic acids is 2. The molecular weight excluding hydrogens is 302 g/mol. The fraction of sp³-hybridized carbons (Fsp3) is 0.400. The maximum Gasteiger partial charge on any atom is 0.306 e. The molecule has 1 amide bonds. The molecule has 24 heavy (non-hydrogen) atoms. The van der Waals surface area contributed by atoms with Crippen molar-refractivity contribution in [1.29, 1.82) is 0 Å². The van der Waals surface area contributed by atoms with Crippen LogP contribution in [0.3, 0.4) is 0 Å². The number of hydrogen-bond donors (Lipinski definition) is 0. The third kappa shape index (κ3) is 3.58. The molecule has 4 nitrogen and oxygen atoms in total. The molecule has 2 heterocycles. The van der Waals surface area contributed by atoms with Crippen molar-refractivity contribution in [3.63, 3.8) is 0 Å². The lowest BCUT2D eigenvalue weighted by molar-refractivity contribution is -0.140. The summed E-state index contributed by atoms with van der Waals surface area (Å²) in [5, 5.41) is 0. The highest BCUT2D eigenvalue weighted by molar-refractivity contribution is 5.80. The van der Waals surface area contributed by atoms with Crippen molar-refractivity contribution in [2.75, 3.05) is 6.54 Å². The Morgan fingerprint density at radius 2 is 2.04 bits per heavy atom. The van der Waals surface area contributed by atoms with Gasteiger partial charge in [0.15, 0.2) is 0 Å². The summed E-state index contributed by atoms with van der Waals surface area (Å²) in [6.07, 6.45) is 9.37. The average Bonchev–Trinajstić information content (AvgIpc) is 3.14. The summed E-state index contributed by atoms with van der Waals surface area (Å²) < 4.78 is 5.51. The monoisotopic (exact) mass is 325 g/mol. The Morgan fingerprint density at radius 3 is 2.79 bits per heavy atom. The number of esters is 1. The molecule has 0 spiro atoms. The van der Waals surface area contributed by atoms with Crippen LogP contribution in [-0.4, -0.2) is 35.5 Å². The van der Waals surface area contributed by atoms with Crippen molar-refractivity contribution >= 4 is 18.0 Å². The van der Waals surface area contributed by atoms with Crippen molar-refractivity contribution in [3.05, 3.63) is 54.1 Å². The molecule has 0 radical (unpaired) electrons. The molecule has 0 N–H and O–H groups in total. The van der Waals surface area contributed by atoms with Crippen LogP contribution >= 0.6 is 0 Å². The minimum absolute atomic E-state index is 0.0363. The molecule has 3 atom stereocenters. The molecule has 4 heteroatoms. The maximum atomic E-state index is 12.2. The number of amides is 1. The Labute approximate surface area is 142 Å². The molecule has 126 valence electrons. The smallest absolute Gasteiger partial charge is 0.306 e. The third-order valence-corrected chi connectivity index (χ3v) is 4.78. The molecule has 2 saturated heterocycles. The van der Waals surface area contributed by atoms with Crippen molar-refractivity contribution in [2.24, 2.45) is 5.92 Å². The summed E-state index contributed by atoms with van der Waals surface area (Å²) in [5.74, 6) is 0.0328. The molecule has 1 aromatic carbocycles. The molecule has 0 saturated carbocycles. The summed E-state index contributed by atoms with van der Waals surface area (Å²) in [6.45, 7) is 2.56. The average molecular weight is 325 g/mol. The molecule has 0 bridgehead atoms. The van der Waals surface area contributed by atoms with E-state index in [0.29, 0.717) is 19.4 Å². The highest BCUT2D eigenvalue weighted by atomic mass is 16.5. The number of rotatable bonds is 5. The lowest BCUT2D eigenvalue weighted by atomic mass is 9.90. The zero-order chi connectivity index (χ0) is 16.9. The van der Waals surface area contributed by atoms with Crippen molar-refractivity contribution in [1.82, 2.24) is 4.90 Å². The van der Waals surface area contributed by atoms with Crippen LogP contribution in [0, 0.1) is 5.92 Å². The van der Waals surface area contributed by atoms with Gasteiger partial charge in [0, 0.05) is 24.9 Å². The summed E-state index contributed by atoms with van der Waals surface area (Å²) in [7, 11) is 0. The first-order valence-corrected chi connectivity index (χ1v) is 8.52. The molecule has 0 aromatic heterocycles. The number of likely N-dealkylation sites (tertiary alicyclic amines) is 1. The molecule has 2 aliphatic rings. The highest BCUT2D eigenvalue weighted by Gasteiger charge is 2.44. The number of ether oxygens (including phenoxy) is 1. The summed E-state index contributed by atoms with van der Waals surface area (Å²) in [4.78, 5) is 25.9. The van der Waals surface area contributed by atoms with E-state index in [0.717, 1.165) is 12.0 Å². The summed E-state index contributed by atoms with van der Waals surface area (Å²) in [6, 6.07) is 10.0. The van der Waals surface area contributed by atoms with Gasteiger partial charge in [-0.15, -0.1) is 0 Å². The maximum absolute atomic E-state index is 12.2. The van der Waals surface area contributed by atoms with Crippen molar-refractivity contribution < 1.29 is 14.3 Å². The van der Waals surface area contributed by atoms with E-state index >= 15 is 0 Å². The van der Waals surface area contributed by atoms with Crippen LogP contribution < -0.4 is 0 Å². The van der Waals surface area contributed by atoms with Gasteiger partial charge in [0.25, 0.3) is 0 Å². The first-order chi connectivity index (χ1) is 11.7. The van der Waals surface area contributed by atoms with E-state index in [4.69, 9.17) is 4.74 Å². The lowest BCUT2D eigenvalue weighted by Crippen LogP contribution is -2.40. The van der Waals surface area contributed by atoms with Gasteiger partial charge in [-0.05, 0) is 25.0 Å². The van der Waals surface area contributed by atoms with Crippen molar-refractivity contribution in [2.45, 2.75) is 38.3 Å². The zero-order valence-corrected chi connectivity index (χ0v) is 13.9. The molecule has 3 rings (SSSR count). The van der Waals surface area contributed by atoms with E-state index < -0.39 is 0 Å². The van der Waals surface area contributed by atoms with Gasteiger partial charge < -0.3 is 9.64 Å². The van der Waals surface area contributed by atoms with Gasteiger partial charge in [0.2, 0.25) is 5.91 Å². The van der Waals surface area contributed by atoms with E-state index in [2.05, 4.69) is 0 Å². The van der Waals surface area contributed by atoms with Crippen LogP contribution in [0.1, 0.15) is 31.7 Å². The quantitative estimate of drug-likeness (QED) is 0.617. The van der Waals surface area contributed by atoms with Crippen LogP contribution in [-0.2, 0) is 14.3 Å². The first-order valence-electron chi connectivity index (χ1n) is 8.52. The first kappa shape index (κ1) is 16.5. The minimum atomic E-state index is -0.262. The van der Waals surface area contributed by atoms with E-state index in [1.807, 2.05) is 66.5 Å². The molecule has 0 aliphatic carbocycles. The second-order valence-corrected chi connectivity index (χ2v) is 6.31. The van der Waals surface area contributed by atoms with E-state index in [1.54, 1.807) is 0 Å². The van der Waals surface area contributed by atoms with Gasteiger partial charge in [-0.1, -0.05) is 48.6 Å². The van der Waals surface area contributed by atoms with Gasteiger partial charge in [-0.25, -0.2) is 0 Å². The molecule has 1 aromatic rings. The van der Waals surface area contributed by atoms with Gasteiger partial charge in [-0.2, -0.15) is 0 Å².